The fourth-order valence-corrected chi connectivity index (χ4v) is 3.30. The first-order valence-corrected chi connectivity index (χ1v) is 8.18. The number of hydrogen-bond acceptors (Lipinski definition) is 2. The molecule has 0 amide bonds. The molecule has 1 aliphatic heterocycles. The Hall–Kier alpha value is -1.17. The molecule has 21 heavy (non-hydrogen) atoms. The van der Waals surface area contributed by atoms with E-state index in [1.54, 1.807) is 4.90 Å². The number of likely N-dealkylation sites (tertiary alicyclic amines) is 1. The second-order valence-electron chi connectivity index (χ2n) is 5.61. The van der Waals surface area contributed by atoms with Gasteiger partial charge in [0.25, 0.3) is 0 Å². The van der Waals surface area contributed by atoms with Crippen molar-refractivity contribution in [2.24, 2.45) is 7.05 Å². The van der Waals surface area contributed by atoms with Crippen LogP contribution in [0.25, 0.3) is 11.4 Å². The summed E-state index contributed by atoms with van der Waals surface area (Å²) in [5.41, 5.74) is 0.931. The lowest BCUT2D eigenvalue weighted by Gasteiger charge is -2.22. The predicted molar refractivity (Wildman–Crippen MR) is 87.0 cm³/mol. The van der Waals surface area contributed by atoms with E-state index < -0.39 is 0 Å². The number of aromatic nitrogens is 3. The van der Waals surface area contributed by atoms with E-state index in [0.717, 1.165) is 22.8 Å². The predicted octanol–water partition coefficient (Wildman–Crippen LogP) is 2.30. The first kappa shape index (κ1) is 14.8. The van der Waals surface area contributed by atoms with Gasteiger partial charge in [0.1, 0.15) is 0 Å². The Morgan fingerprint density at radius 2 is 1.95 bits per heavy atom. The Kier molecular flexibility index (Phi) is 4.42. The number of nitrogens with one attached hydrogen (secondary N) is 1. The molecule has 2 heterocycles. The van der Waals surface area contributed by atoms with Crippen LogP contribution in [0.4, 0.5) is 0 Å². The van der Waals surface area contributed by atoms with Crippen molar-refractivity contribution in [2.75, 3.05) is 13.1 Å². The Bertz CT molecular complexity index is 685. The van der Waals surface area contributed by atoms with Crippen LogP contribution in [0.3, 0.4) is 0 Å². The summed E-state index contributed by atoms with van der Waals surface area (Å²) in [6.07, 6.45) is 3.95. The molecule has 4 nitrogen and oxygen atoms in total. The highest BCUT2D eigenvalue weighted by Crippen LogP contribution is 2.25. The summed E-state index contributed by atoms with van der Waals surface area (Å²) in [6.45, 7) is 3.26. The topological polar surface area (TPSA) is 27.2 Å². The molecule has 112 valence electrons. The lowest BCUT2D eigenvalue weighted by molar-refractivity contribution is -0.928. The standard InChI is InChI=1S/C15H19ClN4S/c1-18-14(12-7-3-4-8-13(12)16)17-20(15(18)21)11-19-9-5-2-6-10-19/h3-4,7-8H,2,5-6,9-11H2,1H3/p+1. The number of nitrogens with zero attached hydrogens (tertiary/aromatic N) is 3. The zero-order chi connectivity index (χ0) is 14.8. The number of piperidine rings is 1. The Labute approximate surface area is 134 Å². The van der Waals surface area contributed by atoms with Crippen LogP contribution in [0.2, 0.25) is 5.02 Å². The van der Waals surface area contributed by atoms with E-state index in [1.165, 1.54) is 32.4 Å². The van der Waals surface area contributed by atoms with Gasteiger partial charge in [0.05, 0.1) is 18.1 Å². The van der Waals surface area contributed by atoms with Crippen LogP contribution in [-0.4, -0.2) is 27.4 Å². The van der Waals surface area contributed by atoms with E-state index in [9.17, 15) is 0 Å². The van der Waals surface area contributed by atoms with Crippen molar-refractivity contribution in [3.05, 3.63) is 34.1 Å². The Balaban J connectivity index is 1.92. The van der Waals surface area contributed by atoms with Gasteiger partial charge in [-0.15, -0.1) is 5.10 Å². The number of rotatable bonds is 3. The van der Waals surface area contributed by atoms with Gasteiger partial charge in [-0.3, -0.25) is 0 Å². The van der Waals surface area contributed by atoms with E-state index in [4.69, 9.17) is 28.9 Å². The smallest absolute Gasteiger partial charge is 0.202 e. The van der Waals surface area contributed by atoms with Gasteiger partial charge in [0.2, 0.25) is 4.77 Å². The van der Waals surface area contributed by atoms with Crippen LogP contribution in [0.1, 0.15) is 19.3 Å². The number of hydrogen-bond donors (Lipinski definition) is 1. The largest absolute Gasteiger partial charge is 0.316 e. The SMILES string of the molecule is Cn1c(-c2ccccc2Cl)nn(C[NH+]2CCCCC2)c1=S. The molecule has 0 atom stereocenters. The zero-order valence-electron chi connectivity index (χ0n) is 12.2. The fraction of sp³-hybridized carbons (Fsp3) is 0.467. The third kappa shape index (κ3) is 3.05. The van der Waals surface area contributed by atoms with Crippen LogP contribution in [0.5, 0.6) is 0 Å². The van der Waals surface area contributed by atoms with Gasteiger partial charge in [0.15, 0.2) is 12.5 Å². The number of benzene rings is 1. The molecule has 1 N–H and O–H groups in total. The summed E-state index contributed by atoms with van der Waals surface area (Å²) < 4.78 is 4.64. The molecular weight excluding hydrogens is 304 g/mol. The van der Waals surface area contributed by atoms with Gasteiger partial charge in [-0.2, -0.15) is 4.68 Å². The molecule has 0 radical (unpaired) electrons. The van der Waals surface area contributed by atoms with Gasteiger partial charge < -0.3 is 9.47 Å². The van der Waals surface area contributed by atoms with Crippen molar-refractivity contribution in [1.29, 1.82) is 0 Å². The molecule has 1 aromatic carbocycles. The highest BCUT2D eigenvalue weighted by Gasteiger charge is 2.18. The Morgan fingerprint density at radius 3 is 2.67 bits per heavy atom. The lowest BCUT2D eigenvalue weighted by Crippen LogP contribution is -3.12. The molecule has 0 unspecified atom stereocenters. The molecule has 0 bridgehead atoms. The maximum Gasteiger partial charge on any atom is 0.202 e. The average molecular weight is 324 g/mol. The molecule has 0 saturated carbocycles. The minimum absolute atomic E-state index is 0.707. The quantitative estimate of drug-likeness (QED) is 0.878. The van der Waals surface area contributed by atoms with Crippen molar-refractivity contribution in [3.8, 4) is 11.4 Å². The van der Waals surface area contributed by atoms with Crippen molar-refractivity contribution >= 4 is 23.8 Å². The van der Waals surface area contributed by atoms with Crippen molar-refractivity contribution in [3.63, 3.8) is 0 Å². The van der Waals surface area contributed by atoms with Crippen LogP contribution in [0.15, 0.2) is 24.3 Å². The van der Waals surface area contributed by atoms with Crippen LogP contribution < -0.4 is 4.90 Å². The molecule has 0 spiro atoms. The van der Waals surface area contributed by atoms with Gasteiger partial charge in [-0.25, -0.2) is 0 Å². The van der Waals surface area contributed by atoms with Crippen LogP contribution in [-0.2, 0) is 13.7 Å². The van der Waals surface area contributed by atoms with Crippen LogP contribution >= 0.6 is 23.8 Å². The second kappa shape index (κ2) is 6.30. The summed E-state index contributed by atoms with van der Waals surface area (Å²) in [7, 11) is 1.95. The summed E-state index contributed by atoms with van der Waals surface area (Å²) >= 11 is 11.8. The highest BCUT2D eigenvalue weighted by atomic mass is 35.5. The molecule has 1 aromatic heterocycles. The molecule has 2 aromatic rings. The highest BCUT2D eigenvalue weighted by molar-refractivity contribution is 7.71. The van der Waals surface area contributed by atoms with Gasteiger partial charge in [0, 0.05) is 12.6 Å². The Morgan fingerprint density at radius 1 is 1.24 bits per heavy atom. The average Bonchev–Trinajstić information content (AvgIpc) is 2.77. The second-order valence-corrected chi connectivity index (χ2v) is 6.39. The van der Waals surface area contributed by atoms with E-state index >= 15 is 0 Å². The van der Waals surface area contributed by atoms with Gasteiger partial charge >= 0.3 is 0 Å². The third-order valence-electron chi connectivity index (χ3n) is 4.09. The summed E-state index contributed by atoms with van der Waals surface area (Å²) in [4.78, 5) is 1.56. The minimum atomic E-state index is 0.707. The molecule has 6 heteroatoms. The van der Waals surface area contributed by atoms with Gasteiger partial charge in [-0.1, -0.05) is 23.7 Å². The lowest BCUT2D eigenvalue weighted by atomic mass is 10.1. The molecule has 1 saturated heterocycles. The zero-order valence-corrected chi connectivity index (χ0v) is 13.8. The monoisotopic (exact) mass is 323 g/mol. The molecule has 1 aliphatic rings. The summed E-state index contributed by atoms with van der Waals surface area (Å²) in [5.74, 6) is 0.835. The molecular formula is C15H20ClN4S+. The molecule has 0 aliphatic carbocycles. The molecule has 3 rings (SSSR count). The normalized spacial score (nSPS) is 16.3. The van der Waals surface area contributed by atoms with Crippen LogP contribution in [0, 0.1) is 4.77 Å². The maximum atomic E-state index is 6.28. The van der Waals surface area contributed by atoms with E-state index in [1.807, 2.05) is 40.6 Å². The van der Waals surface area contributed by atoms with E-state index in [0.29, 0.717) is 5.02 Å². The fourth-order valence-electron chi connectivity index (χ4n) is 2.89. The summed E-state index contributed by atoms with van der Waals surface area (Å²) in [5, 5.41) is 5.41. The first-order valence-electron chi connectivity index (χ1n) is 7.39. The molecule has 1 fully saturated rings. The first-order chi connectivity index (χ1) is 10.2. The maximum absolute atomic E-state index is 6.28. The number of halogens is 1. The minimum Gasteiger partial charge on any atom is -0.316 e. The van der Waals surface area contributed by atoms with E-state index in [-0.39, 0.29) is 0 Å². The number of quaternary nitrogens is 1. The van der Waals surface area contributed by atoms with Gasteiger partial charge in [-0.05, 0) is 43.6 Å². The third-order valence-corrected chi connectivity index (χ3v) is 4.90. The van der Waals surface area contributed by atoms with Crippen molar-refractivity contribution in [1.82, 2.24) is 14.3 Å². The van der Waals surface area contributed by atoms with Crippen molar-refractivity contribution < 1.29 is 4.90 Å². The van der Waals surface area contributed by atoms with Crippen molar-refractivity contribution in [2.45, 2.75) is 25.9 Å². The summed E-state index contributed by atoms with van der Waals surface area (Å²) in [6, 6.07) is 7.76. The van der Waals surface area contributed by atoms with E-state index in [2.05, 4.69) is 0 Å².